The molecule has 1 atom stereocenters. The van der Waals surface area contributed by atoms with E-state index < -0.39 is 17.9 Å². The number of hydrogen-bond donors (Lipinski definition) is 3. The van der Waals surface area contributed by atoms with E-state index in [1.54, 1.807) is 41.8 Å². The van der Waals surface area contributed by atoms with Crippen molar-refractivity contribution in [2.75, 3.05) is 0 Å². The lowest BCUT2D eigenvalue weighted by molar-refractivity contribution is -0.139. The van der Waals surface area contributed by atoms with Crippen LogP contribution in [-0.2, 0) is 11.4 Å². The van der Waals surface area contributed by atoms with E-state index in [2.05, 4.69) is 5.32 Å². The molecule has 0 fully saturated rings. The average molecular weight is 291 g/mol. The topological polar surface area (TPSA) is 86.6 Å². The summed E-state index contributed by atoms with van der Waals surface area (Å²) in [7, 11) is 0. The lowest BCUT2D eigenvalue weighted by Crippen LogP contribution is -2.33. The molecule has 2 rings (SSSR count). The van der Waals surface area contributed by atoms with Crippen LogP contribution in [-0.4, -0.2) is 22.1 Å². The molecule has 1 aromatic heterocycles. The predicted octanol–water partition coefficient (Wildman–Crippen LogP) is 1.80. The van der Waals surface area contributed by atoms with Crippen LogP contribution in [0.4, 0.5) is 0 Å². The van der Waals surface area contributed by atoms with Gasteiger partial charge in [-0.25, -0.2) is 4.79 Å². The highest BCUT2D eigenvalue weighted by Crippen LogP contribution is 2.19. The Labute approximate surface area is 119 Å². The Morgan fingerprint density at radius 3 is 2.40 bits per heavy atom. The van der Waals surface area contributed by atoms with Crippen LogP contribution in [0.2, 0.25) is 0 Å². The van der Waals surface area contributed by atoms with Gasteiger partial charge in [0.25, 0.3) is 5.91 Å². The van der Waals surface area contributed by atoms with Crippen molar-refractivity contribution in [2.45, 2.75) is 12.6 Å². The fraction of sp³-hybridized carbons (Fsp3) is 0.143. The predicted molar refractivity (Wildman–Crippen MR) is 74.5 cm³/mol. The lowest BCUT2D eigenvalue weighted by atomic mass is 10.1. The number of hydrogen-bond acceptors (Lipinski definition) is 4. The Bertz CT molecular complexity index is 592. The summed E-state index contributed by atoms with van der Waals surface area (Å²) in [5.74, 6) is -1.57. The summed E-state index contributed by atoms with van der Waals surface area (Å²) in [6, 6.07) is 8.69. The van der Waals surface area contributed by atoms with Gasteiger partial charge < -0.3 is 15.5 Å². The zero-order valence-electron chi connectivity index (χ0n) is 10.4. The first-order valence-electron chi connectivity index (χ1n) is 5.88. The number of rotatable bonds is 5. The van der Waals surface area contributed by atoms with Crippen molar-refractivity contribution < 1.29 is 19.8 Å². The largest absolute Gasteiger partial charge is 0.479 e. The SMILES string of the molecule is O=C(NC(C(=O)O)c1cccs1)c1ccc(CO)cc1. The molecule has 3 N–H and O–H groups in total. The number of carbonyl (C=O) groups is 2. The second kappa shape index (κ2) is 6.31. The third kappa shape index (κ3) is 3.23. The molecule has 20 heavy (non-hydrogen) atoms. The molecule has 1 unspecified atom stereocenters. The summed E-state index contributed by atoms with van der Waals surface area (Å²) in [4.78, 5) is 23.8. The summed E-state index contributed by atoms with van der Waals surface area (Å²) in [5.41, 5.74) is 1.04. The third-order valence-electron chi connectivity index (χ3n) is 2.75. The van der Waals surface area contributed by atoms with E-state index in [0.29, 0.717) is 16.0 Å². The number of benzene rings is 1. The van der Waals surface area contributed by atoms with Crippen LogP contribution in [0.5, 0.6) is 0 Å². The van der Waals surface area contributed by atoms with Gasteiger partial charge in [-0.2, -0.15) is 0 Å². The molecule has 104 valence electrons. The van der Waals surface area contributed by atoms with Crippen molar-refractivity contribution in [1.82, 2.24) is 5.32 Å². The fourth-order valence-electron chi connectivity index (χ4n) is 1.69. The van der Waals surface area contributed by atoms with Crippen LogP contribution in [0.25, 0.3) is 0 Å². The second-order valence-corrected chi connectivity index (χ2v) is 5.09. The standard InChI is InChI=1S/C14H13NO4S/c16-8-9-3-5-10(6-4-9)13(17)15-12(14(18)19)11-2-1-7-20-11/h1-7,12,16H,8H2,(H,15,17)(H,18,19). The van der Waals surface area contributed by atoms with E-state index in [0.717, 1.165) is 0 Å². The molecule has 0 saturated heterocycles. The van der Waals surface area contributed by atoms with Crippen molar-refractivity contribution in [3.63, 3.8) is 0 Å². The molecule has 1 heterocycles. The summed E-state index contributed by atoms with van der Waals surface area (Å²) >= 11 is 1.27. The molecule has 0 radical (unpaired) electrons. The first-order valence-corrected chi connectivity index (χ1v) is 6.76. The van der Waals surface area contributed by atoms with Crippen molar-refractivity contribution in [3.8, 4) is 0 Å². The van der Waals surface area contributed by atoms with Crippen molar-refractivity contribution in [1.29, 1.82) is 0 Å². The molecule has 0 aliphatic carbocycles. The molecule has 1 amide bonds. The molecule has 0 spiro atoms. The van der Waals surface area contributed by atoms with Gasteiger partial charge in [-0.05, 0) is 29.1 Å². The normalized spacial score (nSPS) is 11.8. The number of amides is 1. The van der Waals surface area contributed by atoms with Gasteiger partial charge in [-0.3, -0.25) is 4.79 Å². The maximum atomic E-state index is 12.0. The molecule has 0 aliphatic rings. The quantitative estimate of drug-likeness (QED) is 0.784. The lowest BCUT2D eigenvalue weighted by Gasteiger charge is -2.13. The van der Waals surface area contributed by atoms with Gasteiger partial charge in [-0.1, -0.05) is 18.2 Å². The van der Waals surface area contributed by atoms with Gasteiger partial charge in [0.2, 0.25) is 0 Å². The third-order valence-corrected chi connectivity index (χ3v) is 3.69. The number of carbonyl (C=O) groups excluding carboxylic acids is 1. The number of thiophene rings is 1. The van der Waals surface area contributed by atoms with Gasteiger partial charge in [0.15, 0.2) is 6.04 Å². The molecular weight excluding hydrogens is 278 g/mol. The summed E-state index contributed by atoms with van der Waals surface area (Å²) in [6.45, 7) is -0.102. The van der Waals surface area contributed by atoms with Gasteiger partial charge >= 0.3 is 5.97 Å². The first-order chi connectivity index (χ1) is 9.61. The highest BCUT2D eigenvalue weighted by molar-refractivity contribution is 7.10. The van der Waals surface area contributed by atoms with Gasteiger partial charge in [0.05, 0.1) is 6.61 Å². The van der Waals surface area contributed by atoms with Gasteiger partial charge in [0, 0.05) is 10.4 Å². The number of aliphatic hydroxyl groups excluding tert-OH is 1. The van der Waals surface area contributed by atoms with Crippen LogP contribution < -0.4 is 5.32 Å². The minimum absolute atomic E-state index is 0.102. The Balaban J connectivity index is 2.14. The second-order valence-electron chi connectivity index (χ2n) is 4.12. The summed E-state index contributed by atoms with van der Waals surface area (Å²) < 4.78 is 0. The monoisotopic (exact) mass is 291 g/mol. The minimum Gasteiger partial charge on any atom is -0.479 e. The van der Waals surface area contributed by atoms with E-state index in [-0.39, 0.29) is 6.61 Å². The van der Waals surface area contributed by atoms with Crippen LogP contribution in [0.1, 0.15) is 26.8 Å². The number of nitrogens with one attached hydrogen (secondary N) is 1. The number of aliphatic carboxylic acids is 1. The zero-order chi connectivity index (χ0) is 14.5. The van der Waals surface area contributed by atoms with E-state index in [9.17, 15) is 14.7 Å². The van der Waals surface area contributed by atoms with E-state index in [1.807, 2.05) is 0 Å². The maximum absolute atomic E-state index is 12.0. The highest BCUT2D eigenvalue weighted by atomic mass is 32.1. The molecular formula is C14H13NO4S. The molecule has 0 saturated carbocycles. The van der Waals surface area contributed by atoms with Crippen molar-refractivity contribution in [2.24, 2.45) is 0 Å². The zero-order valence-corrected chi connectivity index (χ0v) is 11.3. The van der Waals surface area contributed by atoms with E-state index >= 15 is 0 Å². The van der Waals surface area contributed by atoms with E-state index in [1.165, 1.54) is 11.3 Å². The number of aliphatic hydroxyl groups is 1. The summed E-state index contributed by atoms with van der Waals surface area (Å²) in [5, 5.41) is 22.4. The average Bonchev–Trinajstić information content (AvgIpc) is 2.98. The highest BCUT2D eigenvalue weighted by Gasteiger charge is 2.23. The van der Waals surface area contributed by atoms with Gasteiger partial charge in [0.1, 0.15) is 0 Å². The maximum Gasteiger partial charge on any atom is 0.331 e. The van der Waals surface area contributed by atoms with E-state index in [4.69, 9.17) is 5.11 Å². The molecule has 0 bridgehead atoms. The molecule has 2 aromatic rings. The molecule has 6 heteroatoms. The Morgan fingerprint density at radius 2 is 1.90 bits per heavy atom. The van der Waals surface area contributed by atoms with Crippen molar-refractivity contribution >= 4 is 23.2 Å². The van der Waals surface area contributed by atoms with Crippen LogP contribution >= 0.6 is 11.3 Å². The Hall–Kier alpha value is -2.18. The van der Waals surface area contributed by atoms with Crippen LogP contribution in [0.15, 0.2) is 41.8 Å². The van der Waals surface area contributed by atoms with Crippen LogP contribution in [0.3, 0.4) is 0 Å². The van der Waals surface area contributed by atoms with Crippen LogP contribution in [0, 0.1) is 0 Å². The first kappa shape index (κ1) is 14.2. The number of carboxylic acid groups (broad SMARTS) is 1. The molecule has 1 aromatic carbocycles. The fourth-order valence-corrected chi connectivity index (χ4v) is 2.45. The minimum atomic E-state index is -1.10. The Kier molecular flexibility index (Phi) is 4.49. The smallest absolute Gasteiger partial charge is 0.331 e. The molecule has 0 aliphatic heterocycles. The molecule has 5 nitrogen and oxygen atoms in total. The van der Waals surface area contributed by atoms with Gasteiger partial charge in [-0.15, -0.1) is 11.3 Å². The summed E-state index contributed by atoms with van der Waals surface area (Å²) in [6.07, 6.45) is 0. The van der Waals surface area contributed by atoms with Crippen molar-refractivity contribution in [3.05, 3.63) is 57.8 Å². The number of carboxylic acids is 1. The Morgan fingerprint density at radius 1 is 1.20 bits per heavy atom.